The van der Waals surface area contributed by atoms with Crippen molar-refractivity contribution in [2.45, 2.75) is 43.9 Å². The number of alkyl halides is 3. The summed E-state index contributed by atoms with van der Waals surface area (Å²) in [6.45, 7) is 1.21. The summed E-state index contributed by atoms with van der Waals surface area (Å²) in [5.41, 5.74) is -1.16. The Hall–Kier alpha value is -4.20. The van der Waals surface area contributed by atoms with Gasteiger partial charge in [0.2, 0.25) is 5.91 Å². The second-order valence-electron chi connectivity index (χ2n) is 9.31. The molecule has 5 rings (SSSR count). The van der Waals surface area contributed by atoms with Crippen molar-refractivity contribution >= 4 is 17.5 Å². The molecule has 3 aromatic rings. The average Bonchev–Trinajstić information content (AvgIpc) is 3.26. The Kier molecular flexibility index (Phi) is 5.78. The van der Waals surface area contributed by atoms with Crippen LogP contribution in [0.2, 0.25) is 0 Å². The van der Waals surface area contributed by atoms with Crippen LogP contribution in [0.3, 0.4) is 0 Å². The molecular formula is C26H20F4N4O3. The van der Waals surface area contributed by atoms with Gasteiger partial charge in [0.05, 0.1) is 28.6 Å². The van der Waals surface area contributed by atoms with E-state index in [2.05, 4.69) is 4.98 Å². The summed E-state index contributed by atoms with van der Waals surface area (Å²) in [5, 5.41) is 9.03. The zero-order valence-corrected chi connectivity index (χ0v) is 19.6. The molecule has 0 atom stereocenters. The van der Waals surface area contributed by atoms with Gasteiger partial charge in [-0.3, -0.25) is 14.5 Å². The van der Waals surface area contributed by atoms with Gasteiger partial charge in [-0.25, -0.2) is 9.37 Å². The van der Waals surface area contributed by atoms with Crippen molar-refractivity contribution in [3.8, 4) is 6.07 Å². The molecule has 190 valence electrons. The van der Waals surface area contributed by atoms with Crippen LogP contribution < -0.4 is 4.90 Å². The first-order valence-corrected chi connectivity index (χ1v) is 11.4. The lowest BCUT2D eigenvalue weighted by Gasteiger charge is -2.56. The van der Waals surface area contributed by atoms with Gasteiger partial charge in [-0.2, -0.15) is 18.4 Å². The van der Waals surface area contributed by atoms with Gasteiger partial charge in [-0.05, 0) is 55.7 Å². The van der Waals surface area contributed by atoms with Crippen molar-refractivity contribution in [3.05, 3.63) is 82.8 Å². The molecule has 7 nitrogen and oxygen atoms in total. The van der Waals surface area contributed by atoms with E-state index in [1.807, 2.05) is 6.07 Å². The molecule has 0 bridgehead atoms. The van der Waals surface area contributed by atoms with Crippen molar-refractivity contribution in [1.82, 2.24) is 9.88 Å². The van der Waals surface area contributed by atoms with E-state index in [1.54, 1.807) is 6.92 Å². The molecule has 2 aliphatic rings. The van der Waals surface area contributed by atoms with Gasteiger partial charge >= 0.3 is 6.18 Å². The SMILES string of the molecule is Cc1coc(C2CC3(C2)C(=O)N(c2ccc(C#N)cc2F)CC(=O)N3Cc2ccc(C(F)(F)F)cc2)n1. The molecule has 0 unspecified atom stereocenters. The number of aromatic nitrogens is 1. The third-order valence-corrected chi connectivity index (χ3v) is 6.90. The molecular weight excluding hydrogens is 492 g/mol. The van der Waals surface area contributed by atoms with Crippen LogP contribution in [0.5, 0.6) is 0 Å². The maximum absolute atomic E-state index is 14.8. The molecule has 1 aliphatic carbocycles. The number of halogens is 4. The molecule has 11 heteroatoms. The quantitative estimate of drug-likeness (QED) is 0.473. The van der Waals surface area contributed by atoms with Crippen LogP contribution in [0.1, 0.15) is 47.0 Å². The second-order valence-corrected chi connectivity index (χ2v) is 9.31. The van der Waals surface area contributed by atoms with Crippen LogP contribution in [0, 0.1) is 24.1 Å². The Morgan fingerprint density at radius 1 is 1.16 bits per heavy atom. The predicted octanol–water partition coefficient (Wildman–Crippen LogP) is 4.70. The van der Waals surface area contributed by atoms with Crippen molar-refractivity contribution in [3.63, 3.8) is 0 Å². The van der Waals surface area contributed by atoms with Gasteiger partial charge < -0.3 is 9.32 Å². The summed E-state index contributed by atoms with van der Waals surface area (Å²) in [6.07, 6.45) is -2.70. The largest absolute Gasteiger partial charge is 0.448 e. The first kappa shape index (κ1) is 24.5. The zero-order chi connectivity index (χ0) is 26.5. The molecule has 2 heterocycles. The Balaban J connectivity index is 1.48. The minimum atomic E-state index is -4.50. The number of hydrogen-bond acceptors (Lipinski definition) is 5. The Morgan fingerprint density at radius 2 is 1.86 bits per heavy atom. The Morgan fingerprint density at radius 3 is 2.43 bits per heavy atom. The first-order chi connectivity index (χ1) is 17.5. The number of rotatable bonds is 4. The van der Waals surface area contributed by atoms with Crippen molar-refractivity contribution < 1.29 is 31.6 Å². The third kappa shape index (κ3) is 4.22. The maximum Gasteiger partial charge on any atom is 0.416 e. The number of carbonyl (C=O) groups excluding carboxylic acids is 2. The van der Waals surface area contributed by atoms with Crippen molar-refractivity contribution in [2.75, 3.05) is 11.4 Å². The van der Waals surface area contributed by atoms with Crippen LogP contribution in [0.4, 0.5) is 23.2 Å². The molecule has 1 saturated heterocycles. The van der Waals surface area contributed by atoms with Gasteiger partial charge in [0.15, 0.2) is 5.89 Å². The zero-order valence-electron chi connectivity index (χ0n) is 19.6. The molecule has 1 spiro atoms. The molecule has 0 radical (unpaired) electrons. The summed E-state index contributed by atoms with van der Waals surface area (Å²) < 4.78 is 59.3. The number of amides is 2. The molecule has 2 fully saturated rings. The van der Waals surface area contributed by atoms with Crippen molar-refractivity contribution in [1.29, 1.82) is 5.26 Å². The van der Waals surface area contributed by atoms with Gasteiger partial charge in [-0.1, -0.05) is 12.1 Å². The number of nitriles is 1. The van der Waals surface area contributed by atoms with Crippen LogP contribution in [-0.4, -0.2) is 33.8 Å². The predicted molar refractivity (Wildman–Crippen MR) is 121 cm³/mol. The molecule has 2 aromatic carbocycles. The lowest BCUT2D eigenvalue weighted by Crippen LogP contribution is -2.72. The van der Waals surface area contributed by atoms with Gasteiger partial charge in [0.1, 0.15) is 24.2 Å². The highest BCUT2D eigenvalue weighted by Gasteiger charge is 2.61. The number of piperazine rings is 1. The minimum Gasteiger partial charge on any atom is -0.448 e. The third-order valence-electron chi connectivity index (χ3n) is 6.90. The van der Waals surface area contributed by atoms with E-state index < -0.39 is 41.5 Å². The topological polar surface area (TPSA) is 90.4 Å². The summed E-state index contributed by atoms with van der Waals surface area (Å²) in [7, 11) is 0. The molecule has 2 amide bonds. The average molecular weight is 512 g/mol. The smallest absolute Gasteiger partial charge is 0.416 e. The van der Waals surface area contributed by atoms with Crippen LogP contribution in [0.25, 0.3) is 0 Å². The second kappa shape index (κ2) is 8.73. The van der Waals surface area contributed by atoms with Gasteiger partial charge in [-0.15, -0.1) is 0 Å². The van der Waals surface area contributed by atoms with E-state index in [9.17, 15) is 27.2 Å². The van der Waals surface area contributed by atoms with Gasteiger partial charge in [0.25, 0.3) is 5.91 Å². The fraction of sp³-hybridized carbons (Fsp3) is 0.308. The first-order valence-electron chi connectivity index (χ1n) is 11.4. The summed E-state index contributed by atoms with van der Waals surface area (Å²) in [5.74, 6) is -1.66. The molecule has 1 aromatic heterocycles. The number of anilines is 1. The summed E-state index contributed by atoms with van der Waals surface area (Å²) in [6, 6.07) is 9.86. The van der Waals surface area contributed by atoms with E-state index in [0.29, 0.717) is 17.1 Å². The fourth-order valence-corrected chi connectivity index (χ4v) is 4.99. The number of aryl methyl sites for hydroxylation is 1. The van der Waals surface area contributed by atoms with Crippen LogP contribution >= 0.6 is 0 Å². The Bertz CT molecular complexity index is 1420. The highest BCUT2D eigenvalue weighted by Crippen LogP contribution is 2.51. The normalized spacial score (nSPS) is 21.8. The van der Waals surface area contributed by atoms with E-state index in [1.165, 1.54) is 35.4 Å². The van der Waals surface area contributed by atoms with E-state index in [-0.39, 0.29) is 36.6 Å². The lowest BCUT2D eigenvalue weighted by atomic mass is 9.65. The van der Waals surface area contributed by atoms with E-state index >= 15 is 0 Å². The number of hydrogen-bond donors (Lipinski definition) is 0. The van der Waals surface area contributed by atoms with E-state index in [4.69, 9.17) is 9.68 Å². The fourth-order valence-electron chi connectivity index (χ4n) is 4.99. The Labute approximate surface area is 208 Å². The van der Waals surface area contributed by atoms with Gasteiger partial charge in [0, 0.05) is 12.5 Å². The van der Waals surface area contributed by atoms with E-state index in [0.717, 1.165) is 23.1 Å². The van der Waals surface area contributed by atoms with Crippen LogP contribution in [0.15, 0.2) is 53.1 Å². The highest BCUT2D eigenvalue weighted by molar-refractivity contribution is 6.10. The molecule has 1 saturated carbocycles. The summed E-state index contributed by atoms with van der Waals surface area (Å²) in [4.78, 5) is 34.0. The molecule has 1 aliphatic heterocycles. The number of carbonyl (C=O) groups is 2. The van der Waals surface area contributed by atoms with Crippen LogP contribution in [-0.2, 0) is 22.3 Å². The lowest BCUT2D eigenvalue weighted by molar-refractivity contribution is -0.160. The molecule has 0 N–H and O–H groups in total. The maximum atomic E-state index is 14.8. The summed E-state index contributed by atoms with van der Waals surface area (Å²) >= 11 is 0. The highest BCUT2D eigenvalue weighted by atomic mass is 19.4. The standard InChI is InChI=1S/C26H20F4N4O3/c1-15-14-37-23(32-15)18-9-25(10-18)24(36)33(21-7-4-17(11-31)8-20(21)27)13-22(35)34(25)12-16-2-5-19(6-3-16)26(28,29)30/h2-8,14,18H,9-10,12-13H2,1H3. The number of benzene rings is 2. The number of oxazole rings is 1. The monoisotopic (exact) mass is 512 g/mol. The molecule has 37 heavy (non-hydrogen) atoms. The van der Waals surface area contributed by atoms with Crippen molar-refractivity contribution in [2.24, 2.45) is 0 Å². The number of nitrogens with zero attached hydrogens (tertiary/aromatic N) is 4. The minimum absolute atomic E-state index is 0.0682.